The van der Waals surface area contributed by atoms with Gasteiger partial charge in [0, 0.05) is 38.5 Å². The van der Waals surface area contributed by atoms with Crippen LogP contribution < -0.4 is 5.32 Å². The molecule has 0 saturated heterocycles. The van der Waals surface area contributed by atoms with Crippen LogP contribution in [0.15, 0.2) is 18.3 Å². The van der Waals surface area contributed by atoms with Gasteiger partial charge in [0.05, 0.1) is 6.61 Å². The molecule has 0 fully saturated rings. The highest BCUT2D eigenvalue weighted by Gasteiger charge is 2.07. The maximum atomic E-state index is 5.13. The van der Waals surface area contributed by atoms with Gasteiger partial charge < -0.3 is 10.1 Å². The molecule has 1 heterocycles. The van der Waals surface area contributed by atoms with E-state index in [9.17, 15) is 0 Å². The van der Waals surface area contributed by atoms with Gasteiger partial charge in [0.25, 0.3) is 0 Å². The number of nitrogens with one attached hydrogen (secondary N) is 1. The molecule has 4 heteroatoms. The van der Waals surface area contributed by atoms with Crippen molar-refractivity contribution in [1.82, 2.24) is 9.88 Å². The minimum Gasteiger partial charge on any atom is -0.383 e. The van der Waals surface area contributed by atoms with Gasteiger partial charge in [0.2, 0.25) is 0 Å². The van der Waals surface area contributed by atoms with Gasteiger partial charge in [-0.3, -0.25) is 4.90 Å². The van der Waals surface area contributed by atoms with Crippen LogP contribution in [0.2, 0.25) is 0 Å². The van der Waals surface area contributed by atoms with Crippen molar-refractivity contribution in [2.45, 2.75) is 26.8 Å². The number of ether oxygens (including phenoxy) is 1. The van der Waals surface area contributed by atoms with E-state index in [-0.39, 0.29) is 0 Å². The van der Waals surface area contributed by atoms with Gasteiger partial charge in [-0.1, -0.05) is 19.9 Å². The number of rotatable bonds is 9. The Balaban J connectivity index is 2.63. The number of nitrogens with zero attached hydrogens (tertiary/aromatic N) is 2. The van der Waals surface area contributed by atoms with Crippen molar-refractivity contribution < 1.29 is 4.74 Å². The predicted octanol–water partition coefficient (Wildman–Crippen LogP) is 2.37. The Morgan fingerprint density at radius 2 is 2.22 bits per heavy atom. The second kappa shape index (κ2) is 8.89. The zero-order chi connectivity index (χ0) is 13.2. The lowest BCUT2D eigenvalue weighted by molar-refractivity contribution is 0.147. The average molecular weight is 251 g/mol. The van der Waals surface area contributed by atoms with E-state index in [0.29, 0.717) is 0 Å². The number of anilines is 1. The van der Waals surface area contributed by atoms with E-state index in [0.717, 1.165) is 45.0 Å². The summed E-state index contributed by atoms with van der Waals surface area (Å²) in [4.78, 5) is 6.77. The molecular formula is C14H25N3O. The molecule has 0 radical (unpaired) electrons. The van der Waals surface area contributed by atoms with Gasteiger partial charge in [-0.15, -0.1) is 0 Å². The maximum Gasteiger partial charge on any atom is 0.130 e. The molecule has 0 spiro atoms. The van der Waals surface area contributed by atoms with Crippen molar-refractivity contribution in [3.63, 3.8) is 0 Å². The Morgan fingerprint density at radius 1 is 1.39 bits per heavy atom. The zero-order valence-electron chi connectivity index (χ0n) is 11.8. The normalized spacial score (nSPS) is 10.9. The van der Waals surface area contributed by atoms with Crippen LogP contribution in [-0.2, 0) is 11.3 Å². The molecule has 1 aromatic rings. The summed E-state index contributed by atoms with van der Waals surface area (Å²) in [7, 11) is 1.74. The number of methoxy groups -OCH3 is 1. The van der Waals surface area contributed by atoms with Crippen LogP contribution in [0.1, 0.15) is 25.8 Å². The Kier molecular flexibility index (Phi) is 7.37. The highest BCUT2D eigenvalue weighted by Crippen LogP contribution is 2.14. The van der Waals surface area contributed by atoms with Crippen molar-refractivity contribution >= 4 is 5.82 Å². The van der Waals surface area contributed by atoms with Crippen LogP contribution in [0.25, 0.3) is 0 Å². The summed E-state index contributed by atoms with van der Waals surface area (Å²) in [6.07, 6.45) is 2.95. The van der Waals surface area contributed by atoms with E-state index >= 15 is 0 Å². The van der Waals surface area contributed by atoms with E-state index in [1.807, 2.05) is 12.3 Å². The summed E-state index contributed by atoms with van der Waals surface area (Å²) in [5.41, 5.74) is 1.25. The smallest absolute Gasteiger partial charge is 0.130 e. The topological polar surface area (TPSA) is 37.4 Å². The van der Waals surface area contributed by atoms with Gasteiger partial charge in [-0.25, -0.2) is 4.98 Å². The van der Waals surface area contributed by atoms with Gasteiger partial charge in [0.1, 0.15) is 5.82 Å². The number of hydrogen-bond donors (Lipinski definition) is 1. The first-order chi connectivity index (χ1) is 8.81. The van der Waals surface area contributed by atoms with Gasteiger partial charge in [-0.05, 0) is 19.0 Å². The molecule has 0 unspecified atom stereocenters. The monoisotopic (exact) mass is 251 g/mol. The summed E-state index contributed by atoms with van der Waals surface area (Å²) in [6.45, 7) is 8.96. The number of pyridine rings is 1. The van der Waals surface area contributed by atoms with E-state index < -0.39 is 0 Å². The summed E-state index contributed by atoms with van der Waals surface area (Å²) in [6, 6.07) is 4.14. The SMILES string of the molecule is CCCNc1ncccc1CN(CC)CCOC. The first-order valence-corrected chi connectivity index (χ1v) is 6.70. The van der Waals surface area contributed by atoms with Crippen molar-refractivity contribution in [3.8, 4) is 0 Å². The fraction of sp³-hybridized carbons (Fsp3) is 0.643. The fourth-order valence-electron chi connectivity index (χ4n) is 1.78. The van der Waals surface area contributed by atoms with E-state index in [1.54, 1.807) is 7.11 Å². The third-order valence-corrected chi connectivity index (χ3v) is 2.89. The molecule has 0 amide bonds. The van der Waals surface area contributed by atoms with Crippen LogP contribution >= 0.6 is 0 Å². The minimum atomic E-state index is 0.770. The van der Waals surface area contributed by atoms with Crippen LogP contribution in [0.3, 0.4) is 0 Å². The summed E-state index contributed by atoms with van der Waals surface area (Å²) < 4.78 is 5.13. The second-order valence-electron chi connectivity index (χ2n) is 4.30. The van der Waals surface area contributed by atoms with Gasteiger partial charge in [0.15, 0.2) is 0 Å². The van der Waals surface area contributed by atoms with E-state index in [1.165, 1.54) is 5.56 Å². The molecule has 1 N–H and O–H groups in total. The fourth-order valence-corrected chi connectivity index (χ4v) is 1.78. The average Bonchev–Trinajstić information content (AvgIpc) is 2.42. The number of likely N-dealkylation sites (N-methyl/N-ethyl adjacent to an activating group) is 1. The summed E-state index contributed by atoms with van der Waals surface area (Å²) in [5.74, 6) is 1.01. The quantitative estimate of drug-likeness (QED) is 0.731. The van der Waals surface area contributed by atoms with E-state index in [4.69, 9.17) is 4.74 Å². The van der Waals surface area contributed by atoms with Crippen LogP contribution in [0, 0.1) is 0 Å². The number of aromatic nitrogens is 1. The Morgan fingerprint density at radius 3 is 2.89 bits per heavy atom. The lowest BCUT2D eigenvalue weighted by atomic mass is 10.2. The first-order valence-electron chi connectivity index (χ1n) is 6.70. The van der Waals surface area contributed by atoms with Crippen molar-refractivity contribution in [2.24, 2.45) is 0 Å². The highest BCUT2D eigenvalue weighted by molar-refractivity contribution is 5.43. The highest BCUT2D eigenvalue weighted by atomic mass is 16.5. The summed E-state index contributed by atoms with van der Waals surface area (Å²) in [5, 5.41) is 3.38. The largest absolute Gasteiger partial charge is 0.383 e. The maximum absolute atomic E-state index is 5.13. The van der Waals surface area contributed by atoms with E-state index in [2.05, 4.69) is 35.1 Å². The number of hydrogen-bond acceptors (Lipinski definition) is 4. The Hall–Kier alpha value is -1.13. The molecule has 0 atom stereocenters. The van der Waals surface area contributed by atoms with Crippen molar-refractivity contribution in [1.29, 1.82) is 0 Å². The third-order valence-electron chi connectivity index (χ3n) is 2.89. The molecule has 0 aliphatic heterocycles. The van der Waals surface area contributed by atoms with Crippen LogP contribution in [0.4, 0.5) is 5.82 Å². The molecule has 0 aliphatic rings. The standard InChI is InChI=1S/C14H25N3O/c1-4-8-15-14-13(7-6-9-16-14)12-17(5-2)10-11-18-3/h6-7,9H,4-5,8,10-12H2,1-3H3,(H,15,16). The molecule has 4 nitrogen and oxygen atoms in total. The molecular weight excluding hydrogens is 226 g/mol. The van der Waals surface area contributed by atoms with Crippen LogP contribution in [-0.4, -0.2) is 43.2 Å². The molecule has 1 aromatic heterocycles. The minimum absolute atomic E-state index is 0.770. The van der Waals surface area contributed by atoms with Crippen LogP contribution in [0.5, 0.6) is 0 Å². The first kappa shape index (κ1) is 14.9. The Bertz CT molecular complexity index is 331. The molecule has 0 saturated carbocycles. The van der Waals surface area contributed by atoms with Gasteiger partial charge >= 0.3 is 0 Å². The molecule has 1 rings (SSSR count). The zero-order valence-corrected chi connectivity index (χ0v) is 11.8. The lowest BCUT2D eigenvalue weighted by Crippen LogP contribution is -2.27. The molecule has 18 heavy (non-hydrogen) atoms. The molecule has 0 bridgehead atoms. The lowest BCUT2D eigenvalue weighted by Gasteiger charge is -2.21. The predicted molar refractivity (Wildman–Crippen MR) is 75.8 cm³/mol. The second-order valence-corrected chi connectivity index (χ2v) is 4.30. The molecule has 0 aromatic carbocycles. The van der Waals surface area contributed by atoms with Crippen molar-refractivity contribution in [3.05, 3.63) is 23.9 Å². The molecule has 102 valence electrons. The Labute approximate surface area is 110 Å². The molecule has 0 aliphatic carbocycles. The van der Waals surface area contributed by atoms with Gasteiger partial charge in [-0.2, -0.15) is 0 Å². The third kappa shape index (κ3) is 5.02. The van der Waals surface area contributed by atoms with Crippen molar-refractivity contribution in [2.75, 3.05) is 38.7 Å². The summed E-state index contributed by atoms with van der Waals surface area (Å²) >= 11 is 0.